The van der Waals surface area contributed by atoms with Crippen molar-refractivity contribution in [1.82, 2.24) is 0 Å². The van der Waals surface area contributed by atoms with Gasteiger partial charge in [-0.25, -0.2) is 8.42 Å². The summed E-state index contributed by atoms with van der Waals surface area (Å²) in [6.07, 6.45) is 0. The molecule has 0 atom stereocenters. The SMILES string of the molecule is CCS(=O)(=O)c1ccc(NC(=O)COc2ccc(Cl)c(C)c2)cc1. The third-order valence-electron chi connectivity index (χ3n) is 3.38. The Hall–Kier alpha value is -2.05. The third kappa shape index (κ3) is 4.72. The van der Waals surface area contributed by atoms with Crippen molar-refractivity contribution in [3.63, 3.8) is 0 Å². The van der Waals surface area contributed by atoms with Gasteiger partial charge in [0.05, 0.1) is 10.6 Å². The Morgan fingerprint density at radius 3 is 2.42 bits per heavy atom. The molecule has 2 aromatic rings. The lowest BCUT2D eigenvalue weighted by Crippen LogP contribution is -2.20. The maximum Gasteiger partial charge on any atom is 0.262 e. The molecule has 0 bridgehead atoms. The van der Waals surface area contributed by atoms with Crippen molar-refractivity contribution in [2.45, 2.75) is 18.7 Å². The fraction of sp³-hybridized carbons (Fsp3) is 0.235. The quantitative estimate of drug-likeness (QED) is 0.848. The van der Waals surface area contributed by atoms with Gasteiger partial charge in [0.15, 0.2) is 16.4 Å². The molecule has 0 spiro atoms. The zero-order valence-electron chi connectivity index (χ0n) is 13.4. The molecule has 2 rings (SSSR count). The number of aryl methyl sites for hydroxylation is 1. The molecule has 24 heavy (non-hydrogen) atoms. The van der Waals surface area contributed by atoms with Gasteiger partial charge in [0, 0.05) is 10.7 Å². The van der Waals surface area contributed by atoms with E-state index in [1.807, 2.05) is 6.92 Å². The molecule has 0 saturated heterocycles. The maximum atomic E-state index is 11.9. The number of ether oxygens (including phenoxy) is 1. The minimum Gasteiger partial charge on any atom is -0.484 e. The standard InChI is InChI=1S/C17H18ClNO4S/c1-3-24(21,22)15-7-4-13(5-8-15)19-17(20)11-23-14-6-9-16(18)12(2)10-14/h4-10H,3,11H2,1-2H3,(H,19,20). The lowest BCUT2D eigenvalue weighted by molar-refractivity contribution is -0.118. The first kappa shape index (κ1) is 18.3. The lowest BCUT2D eigenvalue weighted by Gasteiger charge is -2.09. The fourth-order valence-corrected chi connectivity index (χ4v) is 2.97. The largest absolute Gasteiger partial charge is 0.484 e. The van der Waals surface area contributed by atoms with Crippen molar-refractivity contribution in [2.75, 3.05) is 17.7 Å². The summed E-state index contributed by atoms with van der Waals surface area (Å²) in [7, 11) is -3.25. The zero-order chi connectivity index (χ0) is 17.7. The third-order valence-corrected chi connectivity index (χ3v) is 5.55. The summed E-state index contributed by atoms with van der Waals surface area (Å²) in [6.45, 7) is 3.28. The van der Waals surface area contributed by atoms with Crippen LogP contribution >= 0.6 is 11.6 Å². The molecule has 0 aliphatic carbocycles. The average Bonchev–Trinajstić information content (AvgIpc) is 2.56. The number of hydrogen-bond acceptors (Lipinski definition) is 4. The van der Waals surface area contributed by atoms with Crippen molar-refractivity contribution in [2.24, 2.45) is 0 Å². The van der Waals surface area contributed by atoms with E-state index in [9.17, 15) is 13.2 Å². The van der Waals surface area contributed by atoms with Gasteiger partial charge in [-0.2, -0.15) is 0 Å². The van der Waals surface area contributed by atoms with Gasteiger partial charge in [-0.3, -0.25) is 4.79 Å². The molecule has 0 heterocycles. The van der Waals surface area contributed by atoms with Crippen molar-refractivity contribution in [3.05, 3.63) is 53.1 Å². The highest BCUT2D eigenvalue weighted by atomic mass is 35.5. The number of rotatable bonds is 6. The molecule has 0 unspecified atom stereocenters. The van der Waals surface area contributed by atoms with E-state index < -0.39 is 9.84 Å². The van der Waals surface area contributed by atoms with Gasteiger partial charge in [-0.05, 0) is 55.0 Å². The van der Waals surface area contributed by atoms with Gasteiger partial charge in [0.1, 0.15) is 5.75 Å². The second kappa shape index (κ2) is 7.68. The lowest BCUT2D eigenvalue weighted by atomic mass is 10.2. The molecule has 7 heteroatoms. The van der Waals surface area contributed by atoms with Gasteiger partial charge in [0.2, 0.25) is 0 Å². The predicted molar refractivity (Wildman–Crippen MR) is 94.5 cm³/mol. The topological polar surface area (TPSA) is 72.5 Å². The van der Waals surface area contributed by atoms with Crippen LogP contribution in [0.25, 0.3) is 0 Å². The van der Waals surface area contributed by atoms with Crippen LogP contribution < -0.4 is 10.1 Å². The van der Waals surface area contributed by atoms with Crippen LogP contribution in [0, 0.1) is 6.92 Å². The minimum absolute atomic E-state index is 0.0348. The summed E-state index contributed by atoms with van der Waals surface area (Å²) in [6, 6.07) is 11.2. The van der Waals surface area contributed by atoms with Crippen molar-refractivity contribution < 1.29 is 17.9 Å². The number of carbonyl (C=O) groups excluding carboxylic acids is 1. The first-order valence-electron chi connectivity index (χ1n) is 7.33. The highest BCUT2D eigenvalue weighted by molar-refractivity contribution is 7.91. The molecule has 0 saturated carbocycles. The summed E-state index contributed by atoms with van der Waals surface area (Å²) >= 11 is 5.93. The molecule has 0 aliphatic heterocycles. The highest BCUT2D eigenvalue weighted by Gasteiger charge is 2.11. The fourth-order valence-electron chi connectivity index (χ4n) is 1.97. The Kier molecular flexibility index (Phi) is 5.85. The molecule has 0 aliphatic rings. The molecule has 1 N–H and O–H groups in total. The second-order valence-electron chi connectivity index (χ2n) is 5.18. The number of halogens is 1. The Balaban J connectivity index is 1.93. The highest BCUT2D eigenvalue weighted by Crippen LogP contribution is 2.21. The maximum absolute atomic E-state index is 11.9. The molecule has 0 radical (unpaired) electrons. The Morgan fingerprint density at radius 1 is 1.17 bits per heavy atom. The van der Waals surface area contributed by atoms with E-state index in [1.54, 1.807) is 37.3 Å². The van der Waals surface area contributed by atoms with Gasteiger partial charge in [0.25, 0.3) is 5.91 Å². The monoisotopic (exact) mass is 367 g/mol. The molecule has 128 valence electrons. The van der Waals surface area contributed by atoms with E-state index in [0.29, 0.717) is 16.5 Å². The minimum atomic E-state index is -3.25. The number of anilines is 1. The first-order chi connectivity index (χ1) is 11.3. The normalized spacial score (nSPS) is 11.1. The Labute approximate surface area is 146 Å². The summed E-state index contributed by atoms with van der Waals surface area (Å²) in [5.41, 5.74) is 1.37. The van der Waals surface area contributed by atoms with Gasteiger partial charge >= 0.3 is 0 Å². The van der Waals surface area contributed by atoms with E-state index in [2.05, 4.69) is 5.32 Å². The number of sulfone groups is 1. The van der Waals surface area contributed by atoms with E-state index in [1.165, 1.54) is 12.1 Å². The van der Waals surface area contributed by atoms with Crippen molar-refractivity contribution >= 4 is 33.0 Å². The van der Waals surface area contributed by atoms with Crippen LogP contribution in [0.3, 0.4) is 0 Å². The second-order valence-corrected chi connectivity index (χ2v) is 7.86. The van der Waals surface area contributed by atoms with Gasteiger partial charge in [-0.15, -0.1) is 0 Å². The van der Waals surface area contributed by atoms with E-state index in [-0.39, 0.29) is 23.2 Å². The molecular weight excluding hydrogens is 350 g/mol. The molecule has 1 amide bonds. The van der Waals surface area contributed by atoms with Crippen LogP contribution in [0.15, 0.2) is 47.4 Å². The van der Waals surface area contributed by atoms with Crippen LogP contribution in [-0.4, -0.2) is 26.7 Å². The smallest absolute Gasteiger partial charge is 0.262 e. The number of nitrogens with one attached hydrogen (secondary N) is 1. The molecule has 0 fully saturated rings. The summed E-state index contributed by atoms with van der Waals surface area (Å²) in [5, 5.41) is 3.28. The molecule has 2 aromatic carbocycles. The van der Waals surface area contributed by atoms with E-state index in [4.69, 9.17) is 16.3 Å². The van der Waals surface area contributed by atoms with Crippen LogP contribution in [0.4, 0.5) is 5.69 Å². The van der Waals surface area contributed by atoms with Crippen molar-refractivity contribution in [3.8, 4) is 5.75 Å². The predicted octanol–water partition coefficient (Wildman–Crippen LogP) is 3.46. The Morgan fingerprint density at radius 2 is 1.83 bits per heavy atom. The summed E-state index contributed by atoms with van der Waals surface area (Å²) in [5.74, 6) is 0.248. The van der Waals surface area contributed by atoms with Crippen LogP contribution in [0.2, 0.25) is 5.02 Å². The number of carbonyl (C=O) groups is 1. The van der Waals surface area contributed by atoms with Crippen LogP contribution in [0.1, 0.15) is 12.5 Å². The Bertz CT molecular complexity index is 832. The number of hydrogen-bond donors (Lipinski definition) is 1. The first-order valence-corrected chi connectivity index (χ1v) is 9.36. The molecule has 5 nitrogen and oxygen atoms in total. The average molecular weight is 368 g/mol. The van der Waals surface area contributed by atoms with Gasteiger partial charge in [-0.1, -0.05) is 18.5 Å². The zero-order valence-corrected chi connectivity index (χ0v) is 14.9. The van der Waals surface area contributed by atoms with Crippen LogP contribution in [-0.2, 0) is 14.6 Å². The van der Waals surface area contributed by atoms with E-state index in [0.717, 1.165) is 5.56 Å². The molecule has 0 aromatic heterocycles. The van der Waals surface area contributed by atoms with Crippen LogP contribution in [0.5, 0.6) is 5.75 Å². The molecular formula is C17H18ClNO4S. The van der Waals surface area contributed by atoms with Gasteiger partial charge < -0.3 is 10.1 Å². The number of benzene rings is 2. The number of amides is 1. The summed E-state index contributed by atoms with van der Waals surface area (Å²) < 4.78 is 28.9. The van der Waals surface area contributed by atoms with Crippen molar-refractivity contribution in [1.29, 1.82) is 0 Å². The summed E-state index contributed by atoms with van der Waals surface area (Å²) in [4.78, 5) is 12.1. The van der Waals surface area contributed by atoms with E-state index >= 15 is 0 Å².